The molecule has 0 atom stereocenters. The van der Waals surface area contributed by atoms with Crippen LogP contribution in [0.25, 0.3) is 0 Å². The van der Waals surface area contributed by atoms with Crippen LogP contribution in [0.5, 0.6) is 0 Å². The summed E-state index contributed by atoms with van der Waals surface area (Å²) in [5.41, 5.74) is 4.14. The Morgan fingerprint density at radius 1 is 1.03 bits per heavy atom. The lowest BCUT2D eigenvalue weighted by molar-refractivity contribution is 0.0697. The van der Waals surface area contributed by atoms with Gasteiger partial charge in [-0.15, -0.1) is 0 Å². The second kappa shape index (κ2) is 10.1. The highest BCUT2D eigenvalue weighted by atomic mass is 79.9. The fraction of sp³-hybridized carbons (Fsp3) is 0.130. The predicted molar refractivity (Wildman–Crippen MR) is 129 cm³/mol. The standard InChI is InChI=1S/C23H20BrClN2O2S/c1-15-2-11-20(12-21(15)25)26-23(30)27(14-17-5-9-19(24)10-6-17)13-16-3-7-18(8-4-16)22(28)29/h2-12H,13-14H2,1H3,(H,26,30)(H,28,29). The molecule has 0 bridgehead atoms. The number of benzene rings is 3. The maximum atomic E-state index is 11.1. The summed E-state index contributed by atoms with van der Waals surface area (Å²) in [6.45, 7) is 3.08. The minimum Gasteiger partial charge on any atom is -0.478 e. The van der Waals surface area contributed by atoms with E-state index in [-0.39, 0.29) is 5.56 Å². The molecule has 0 aromatic heterocycles. The third-order valence-corrected chi connectivity index (χ3v) is 5.87. The second-order valence-corrected chi connectivity index (χ2v) is 8.59. The fourth-order valence-corrected chi connectivity index (χ4v) is 3.55. The van der Waals surface area contributed by atoms with Gasteiger partial charge in [0.05, 0.1) is 5.56 Å². The summed E-state index contributed by atoms with van der Waals surface area (Å²) in [7, 11) is 0. The highest BCUT2D eigenvalue weighted by molar-refractivity contribution is 9.10. The molecule has 0 aliphatic rings. The van der Waals surface area contributed by atoms with Crippen molar-refractivity contribution in [1.82, 2.24) is 4.90 Å². The van der Waals surface area contributed by atoms with Crippen LogP contribution in [0.2, 0.25) is 5.02 Å². The largest absolute Gasteiger partial charge is 0.478 e. The van der Waals surface area contributed by atoms with E-state index in [0.29, 0.717) is 23.2 Å². The topological polar surface area (TPSA) is 52.6 Å². The van der Waals surface area contributed by atoms with Gasteiger partial charge in [0.15, 0.2) is 5.11 Å². The minimum atomic E-state index is -0.943. The van der Waals surface area contributed by atoms with E-state index in [1.54, 1.807) is 12.1 Å². The van der Waals surface area contributed by atoms with Gasteiger partial charge in [-0.1, -0.05) is 57.9 Å². The average Bonchev–Trinajstić information content (AvgIpc) is 2.72. The average molecular weight is 504 g/mol. The molecule has 0 amide bonds. The van der Waals surface area contributed by atoms with Gasteiger partial charge in [-0.25, -0.2) is 4.79 Å². The maximum Gasteiger partial charge on any atom is 0.335 e. The zero-order valence-corrected chi connectivity index (χ0v) is 19.4. The van der Waals surface area contributed by atoms with Crippen molar-refractivity contribution in [3.8, 4) is 0 Å². The molecule has 0 saturated carbocycles. The van der Waals surface area contributed by atoms with Crippen molar-refractivity contribution < 1.29 is 9.90 Å². The summed E-state index contributed by atoms with van der Waals surface area (Å²) in [6, 6.07) is 20.6. The van der Waals surface area contributed by atoms with Crippen molar-refractivity contribution in [3.63, 3.8) is 0 Å². The summed E-state index contributed by atoms with van der Waals surface area (Å²) >= 11 is 15.4. The first-order valence-corrected chi connectivity index (χ1v) is 10.8. The number of hydrogen-bond donors (Lipinski definition) is 2. The molecule has 3 aromatic rings. The van der Waals surface area contributed by atoms with E-state index in [4.69, 9.17) is 28.9 Å². The Morgan fingerprint density at radius 2 is 1.60 bits per heavy atom. The molecule has 4 nitrogen and oxygen atoms in total. The van der Waals surface area contributed by atoms with E-state index in [9.17, 15) is 4.79 Å². The van der Waals surface area contributed by atoms with E-state index in [1.165, 1.54) is 0 Å². The van der Waals surface area contributed by atoms with Crippen molar-refractivity contribution in [2.45, 2.75) is 20.0 Å². The first-order valence-electron chi connectivity index (χ1n) is 9.20. The van der Waals surface area contributed by atoms with E-state index in [1.807, 2.05) is 66.4 Å². The number of carbonyl (C=O) groups is 1. The minimum absolute atomic E-state index is 0.258. The van der Waals surface area contributed by atoms with Gasteiger partial charge >= 0.3 is 5.97 Å². The molecule has 3 aromatic carbocycles. The molecule has 0 aliphatic carbocycles. The van der Waals surface area contributed by atoms with Crippen LogP contribution >= 0.6 is 39.7 Å². The number of carboxylic acid groups (broad SMARTS) is 1. The Bertz CT molecular complexity index is 1060. The van der Waals surface area contributed by atoms with Crippen molar-refractivity contribution in [3.05, 3.63) is 98.5 Å². The van der Waals surface area contributed by atoms with E-state index in [2.05, 4.69) is 21.2 Å². The Kier molecular flexibility index (Phi) is 7.48. The van der Waals surface area contributed by atoms with Crippen LogP contribution in [0, 0.1) is 6.92 Å². The molecule has 0 fully saturated rings. The number of anilines is 1. The lowest BCUT2D eigenvalue weighted by Gasteiger charge is -2.26. The fourth-order valence-electron chi connectivity index (χ4n) is 2.86. The summed E-state index contributed by atoms with van der Waals surface area (Å²) in [5, 5.41) is 13.6. The van der Waals surface area contributed by atoms with Gasteiger partial charge in [0.1, 0.15) is 0 Å². The van der Waals surface area contributed by atoms with Crippen LogP contribution in [0.15, 0.2) is 71.2 Å². The number of carboxylic acids is 1. The van der Waals surface area contributed by atoms with Crippen LogP contribution in [0.1, 0.15) is 27.0 Å². The van der Waals surface area contributed by atoms with Gasteiger partial charge in [0.25, 0.3) is 0 Å². The molecule has 0 unspecified atom stereocenters. The Hall–Kier alpha value is -2.41. The number of nitrogens with one attached hydrogen (secondary N) is 1. The number of nitrogens with zero attached hydrogens (tertiary/aromatic N) is 1. The highest BCUT2D eigenvalue weighted by Gasteiger charge is 2.13. The molecule has 0 saturated heterocycles. The molecule has 0 aliphatic heterocycles. The third kappa shape index (κ3) is 6.05. The Morgan fingerprint density at radius 3 is 2.13 bits per heavy atom. The Balaban J connectivity index is 1.81. The van der Waals surface area contributed by atoms with E-state index in [0.717, 1.165) is 26.9 Å². The lowest BCUT2D eigenvalue weighted by atomic mass is 10.1. The van der Waals surface area contributed by atoms with E-state index >= 15 is 0 Å². The Labute approximate surface area is 194 Å². The first-order chi connectivity index (χ1) is 14.3. The molecular weight excluding hydrogens is 484 g/mol. The van der Waals surface area contributed by atoms with E-state index < -0.39 is 5.97 Å². The smallest absolute Gasteiger partial charge is 0.335 e. The van der Waals surface area contributed by atoms with Crippen molar-refractivity contribution in [1.29, 1.82) is 0 Å². The highest BCUT2D eigenvalue weighted by Crippen LogP contribution is 2.21. The number of thiocarbonyl (C=S) groups is 1. The second-order valence-electron chi connectivity index (χ2n) is 6.88. The first kappa shape index (κ1) is 22.3. The van der Waals surface area contributed by atoms with Crippen LogP contribution in [0.3, 0.4) is 0 Å². The molecule has 3 rings (SSSR count). The van der Waals surface area contributed by atoms with Gasteiger partial charge in [-0.3, -0.25) is 0 Å². The van der Waals surface area contributed by atoms with Crippen LogP contribution in [-0.4, -0.2) is 21.1 Å². The third-order valence-electron chi connectivity index (χ3n) is 4.57. The summed E-state index contributed by atoms with van der Waals surface area (Å²) < 4.78 is 1.01. The van der Waals surface area contributed by atoms with Gasteiger partial charge in [-0.05, 0) is 72.2 Å². The predicted octanol–water partition coefficient (Wildman–Crippen LogP) is 6.51. The van der Waals surface area contributed by atoms with Crippen LogP contribution in [0.4, 0.5) is 5.69 Å². The van der Waals surface area contributed by atoms with Crippen molar-refractivity contribution >= 4 is 56.5 Å². The number of aromatic carboxylic acids is 1. The molecule has 30 heavy (non-hydrogen) atoms. The normalized spacial score (nSPS) is 10.5. The lowest BCUT2D eigenvalue weighted by Crippen LogP contribution is -2.33. The van der Waals surface area contributed by atoms with Crippen molar-refractivity contribution in [2.75, 3.05) is 5.32 Å². The summed E-state index contributed by atoms with van der Waals surface area (Å²) in [5.74, 6) is -0.943. The maximum absolute atomic E-state index is 11.1. The molecule has 154 valence electrons. The summed E-state index contributed by atoms with van der Waals surface area (Å²) in [6.07, 6.45) is 0. The zero-order chi connectivity index (χ0) is 21.7. The molecule has 0 heterocycles. The summed E-state index contributed by atoms with van der Waals surface area (Å²) in [4.78, 5) is 13.1. The SMILES string of the molecule is Cc1ccc(NC(=S)N(Cc2ccc(Br)cc2)Cc2ccc(C(=O)O)cc2)cc1Cl. The van der Waals surface area contributed by atoms with Gasteiger partial charge in [-0.2, -0.15) is 0 Å². The monoisotopic (exact) mass is 502 g/mol. The number of rotatable bonds is 6. The number of aryl methyl sites for hydroxylation is 1. The van der Waals surface area contributed by atoms with Crippen molar-refractivity contribution in [2.24, 2.45) is 0 Å². The number of halogens is 2. The van der Waals surface area contributed by atoms with Gasteiger partial charge in [0.2, 0.25) is 0 Å². The quantitative estimate of drug-likeness (QED) is 0.376. The molecule has 2 N–H and O–H groups in total. The number of hydrogen-bond acceptors (Lipinski definition) is 2. The van der Waals surface area contributed by atoms with Gasteiger partial charge in [0, 0.05) is 28.3 Å². The zero-order valence-electron chi connectivity index (χ0n) is 16.2. The molecule has 7 heteroatoms. The molecule has 0 radical (unpaired) electrons. The van der Waals surface area contributed by atoms with Crippen LogP contribution in [-0.2, 0) is 13.1 Å². The molecule has 0 spiro atoms. The van der Waals surface area contributed by atoms with Crippen LogP contribution < -0.4 is 5.32 Å². The molecular formula is C23H20BrClN2O2S. The van der Waals surface area contributed by atoms with Gasteiger partial charge < -0.3 is 15.3 Å².